The Kier molecular flexibility index (Phi) is 6.62. The Bertz CT molecular complexity index is 1400. The van der Waals surface area contributed by atoms with Crippen molar-refractivity contribution in [1.29, 1.82) is 5.26 Å². The molecule has 4 rings (SSSR count). The average Bonchev–Trinajstić information content (AvgIpc) is 2.78. The Balaban J connectivity index is 1.63. The monoisotopic (exact) mass is 467 g/mol. The molecule has 34 heavy (non-hydrogen) atoms. The SMILES string of the molecule is COCc1cc(F)c(-c2ccc3c(F)c(CCc4cc(F)c(C#N)c(F)c4)ccc3c2)c(F)c1. The highest BCUT2D eigenvalue weighted by Gasteiger charge is 2.16. The summed E-state index contributed by atoms with van der Waals surface area (Å²) in [6.07, 6.45) is 0.322. The molecule has 0 aliphatic carbocycles. The third-order valence-electron chi connectivity index (χ3n) is 5.63. The van der Waals surface area contributed by atoms with Gasteiger partial charge in [0.15, 0.2) is 0 Å². The largest absolute Gasteiger partial charge is 0.380 e. The number of hydrogen-bond donors (Lipinski definition) is 0. The highest BCUT2D eigenvalue weighted by molar-refractivity contribution is 5.88. The molecule has 4 aromatic rings. The molecule has 0 bridgehead atoms. The smallest absolute Gasteiger partial charge is 0.144 e. The maximum Gasteiger partial charge on any atom is 0.144 e. The third kappa shape index (κ3) is 4.50. The maximum atomic E-state index is 15.1. The molecule has 0 heterocycles. The predicted octanol–water partition coefficient (Wildman–Crippen LogP) is 7.01. The van der Waals surface area contributed by atoms with Crippen molar-refractivity contribution < 1.29 is 26.7 Å². The Morgan fingerprint density at radius 3 is 2.03 bits per heavy atom. The summed E-state index contributed by atoms with van der Waals surface area (Å²) in [5.74, 6) is -3.93. The molecule has 0 aromatic heterocycles. The average molecular weight is 467 g/mol. The van der Waals surface area contributed by atoms with E-state index in [1.54, 1.807) is 6.07 Å². The van der Waals surface area contributed by atoms with Crippen LogP contribution in [0.5, 0.6) is 0 Å². The number of aryl methyl sites for hydroxylation is 2. The molecule has 7 heteroatoms. The van der Waals surface area contributed by atoms with Crippen LogP contribution in [0, 0.1) is 40.4 Å². The van der Waals surface area contributed by atoms with Crippen LogP contribution in [0.3, 0.4) is 0 Å². The van der Waals surface area contributed by atoms with E-state index in [0.717, 1.165) is 12.1 Å². The summed E-state index contributed by atoms with van der Waals surface area (Å²) in [7, 11) is 1.43. The molecule has 0 atom stereocenters. The van der Waals surface area contributed by atoms with Crippen molar-refractivity contribution in [1.82, 2.24) is 0 Å². The molecule has 0 saturated carbocycles. The molecule has 0 saturated heterocycles. The van der Waals surface area contributed by atoms with Crippen LogP contribution in [0.2, 0.25) is 0 Å². The van der Waals surface area contributed by atoms with E-state index in [0.29, 0.717) is 22.1 Å². The Labute approximate surface area is 192 Å². The third-order valence-corrected chi connectivity index (χ3v) is 5.63. The van der Waals surface area contributed by atoms with Gasteiger partial charge in [0, 0.05) is 12.5 Å². The highest BCUT2D eigenvalue weighted by Crippen LogP contribution is 2.32. The first kappa shape index (κ1) is 23.4. The molecule has 0 amide bonds. The van der Waals surface area contributed by atoms with Gasteiger partial charge in [-0.3, -0.25) is 0 Å². The van der Waals surface area contributed by atoms with Crippen molar-refractivity contribution in [3.8, 4) is 17.2 Å². The zero-order valence-corrected chi connectivity index (χ0v) is 18.1. The van der Waals surface area contributed by atoms with Crippen LogP contribution in [0.4, 0.5) is 22.0 Å². The lowest BCUT2D eigenvalue weighted by Gasteiger charge is -2.11. The number of rotatable bonds is 6. The summed E-state index contributed by atoms with van der Waals surface area (Å²) >= 11 is 0. The molecular weight excluding hydrogens is 449 g/mol. The quantitative estimate of drug-likeness (QED) is 0.286. The van der Waals surface area contributed by atoms with Crippen LogP contribution >= 0.6 is 0 Å². The molecule has 0 unspecified atom stereocenters. The van der Waals surface area contributed by atoms with Crippen molar-refractivity contribution in [3.63, 3.8) is 0 Å². The van der Waals surface area contributed by atoms with Crippen molar-refractivity contribution in [3.05, 3.63) is 106 Å². The van der Waals surface area contributed by atoms with Gasteiger partial charge < -0.3 is 4.74 Å². The molecule has 0 radical (unpaired) electrons. The minimum atomic E-state index is -0.960. The Morgan fingerprint density at radius 1 is 0.765 bits per heavy atom. The van der Waals surface area contributed by atoms with Gasteiger partial charge in [0.25, 0.3) is 0 Å². The summed E-state index contributed by atoms with van der Waals surface area (Å²) in [5.41, 5.74) is 0.383. The predicted molar refractivity (Wildman–Crippen MR) is 118 cm³/mol. The van der Waals surface area contributed by atoms with Gasteiger partial charge in [-0.05, 0) is 70.8 Å². The highest BCUT2D eigenvalue weighted by atomic mass is 19.1. The van der Waals surface area contributed by atoms with Gasteiger partial charge in [-0.2, -0.15) is 5.26 Å². The molecule has 4 aromatic carbocycles. The van der Waals surface area contributed by atoms with Gasteiger partial charge >= 0.3 is 0 Å². The first-order valence-corrected chi connectivity index (χ1v) is 10.4. The van der Waals surface area contributed by atoms with E-state index in [9.17, 15) is 17.6 Å². The van der Waals surface area contributed by atoms with E-state index in [4.69, 9.17) is 10.00 Å². The van der Waals surface area contributed by atoms with Crippen LogP contribution < -0.4 is 0 Å². The first-order chi connectivity index (χ1) is 16.3. The van der Waals surface area contributed by atoms with E-state index in [-0.39, 0.29) is 36.0 Å². The minimum absolute atomic E-state index is 0.0710. The summed E-state index contributed by atoms with van der Waals surface area (Å²) in [4.78, 5) is 0. The van der Waals surface area contributed by atoms with E-state index < -0.39 is 34.6 Å². The van der Waals surface area contributed by atoms with Gasteiger partial charge in [-0.1, -0.05) is 24.3 Å². The number of fused-ring (bicyclic) bond motifs is 1. The number of hydrogen-bond acceptors (Lipinski definition) is 2. The molecule has 2 nitrogen and oxygen atoms in total. The van der Waals surface area contributed by atoms with Crippen LogP contribution in [0.1, 0.15) is 22.3 Å². The summed E-state index contributed by atoms with van der Waals surface area (Å²) < 4.78 is 76.9. The standard InChI is InChI=1S/C27H18F5NO/c1-34-14-16-10-24(30)26(25(31)11-16)19-6-7-20-18(12-19)5-4-17(27(20)32)3-2-15-8-22(28)21(13-33)23(29)9-15/h4-12H,2-3,14H2,1H3. The number of nitriles is 1. The van der Waals surface area contributed by atoms with Crippen LogP contribution in [0.15, 0.2) is 54.6 Å². The van der Waals surface area contributed by atoms with Crippen LogP contribution in [-0.4, -0.2) is 7.11 Å². The first-order valence-electron chi connectivity index (χ1n) is 10.4. The lowest BCUT2D eigenvalue weighted by atomic mass is 9.96. The van der Waals surface area contributed by atoms with Gasteiger partial charge in [-0.25, -0.2) is 22.0 Å². The Hall–Kier alpha value is -3.76. The second-order valence-electron chi connectivity index (χ2n) is 7.89. The normalized spacial score (nSPS) is 11.1. The molecule has 0 fully saturated rings. The summed E-state index contributed by atoms with van der Waals surface area (Å²) in [6, 6.07) is 13.6. The molecular formula is C27H18F5NO. The van der Waals surface area contributed by atoms with E-state index in [2.05, 4.69) is 0 Å². The fraction of sp³-hybridized carbons (Fsp3) is 0.148. The van der Waals surface area contributed by atoms with Crippen molar-refractivity contribution in [2.75, 3.05) is 7.11 Å². The second-order valence-corrected chi connectivity index (χ2v) is 7.89. The topological polar surface area (TPSA) is 33.0 Å². The number of nitrogens with zero attached hydrogens (tertiary/aromatic N) is 1. The van der Waals surface area contributed by atoms with Crippen LogP contribution in [-0.2, 0) is 24.2 Å². The van der Waals surface area contributed by atoms with Gasteiger partial charge in [-0.15, -0.1) is 0 Å². The van der Waals surface area contributed by atoms with Crippen molar-refractivity contribution in [2.45, 2.75) is 19.4 Å². The number of methoxy groups -OCH3 is 1. The van der Waals surface area contributed by atoms with E-state index in [1.165, 1.54) is 49.6 Å². The zero-order valence-electron chi connectivity index (χ0n) is 18.1. The van der Waals surface area contributed by atoms with E-state index >= 15 is 4.39 Å². The Morgan fingerprint density at radius 2 is 1.41 bits per heavy atom. The zero-order chi connectivity index (χ0) is 24.4. The lowest BCUT2D eigenvalue weighted by Crippen LogP contribution is -1.99. The van der Waals surface area contributed by atoms with Gasteiger partial charge in [0.1, 0.15) is 40.7 Å². The molecule has 0 aliphatic heterocycles. The fourth-order valence-electron chi connectivity index (χ4n) is 3.99. The summed E-state index contributed by atoms with van der Waals surface area (Å²) in [5, 5.41) is 9.48. The minimum Gasteiger partial charge on any atom is -0.380 e. The van der Waals surface area contributed by atoms with Gasteiger partial charge in [0.2, 0.25) is 0 Å². The number of benzene rings is 4. The molecule has 0 spiro atoms. The molecule has 0 aliphatic rings. The molecule has 0 N–H and O–H groups in total. The molecule has 172 valence electrons. The van der Waals surface area contributed by atoms with Gasteiger partial charge in [0.05, 0.1) is 12.2 Å². The van der Waals surface area contributed by atoms with Crippen molar-refractivity contribution >= 4 is 10.8 Å². The van der Waals surface area contributed by atoms with Crippen LogP contribution in [0.25, 0.3) is 21.9 Å². The van der Waals surface area contributed by atoms with Crippen molar-refractivity contribution in [2.24, 2.45) is 0 Å². The second kappa shape index (κ2) is 9.62. The maximum absolute atomic E-state index is 15.1. The number of ether oxygens (including phenoxy) is 1. The number of halogens is 5. The van der Waals surface area contributed by atoms with E-state index in [1.807, 2.05) is 0 Å². The fourth-order valence-corrected chi connectivity index (χ4v) is 3.99. The lowest BCUT2D eigenvalue weighted by molar-refractivity contribution is 0.184. The summed E-state index contributed by atoms with van der Waals surface area (Å²) in [6.45, 7) is 0.0710.